The van der Waals surface area contributed by atoms with Crippen LogP contribution in [0, 0.1) is 0 Å². The predicted molar refractivity (Wildman–Crippen MR) is 90.3 cm³/mol. The molecule has 0 spiro atoms. The third-order valence-corrected chi connectivity index (χ3v) is 6.10. The molecule has 1 aliphatic carbocycles. The highest BCUT2D eigenvalue weighted by molar-refractivity contribution is 9.11. The Balaban J connectivity index is 1.41. The Morgan fingerprint density at radius 1 is 1.33 bits per heavy atom. The molecule has 1 aromatic carbocycles. The van der Waals surface area contributed by atoms with Gasteiger partial charge in [0.15, 0.2) is 0 Å². The largest absolute Gasteiger partial charge is 0.488 e. The summed E-state index contributed by atoms with van der Waals surface area (Å²) >= 11 is 5.51. The second-order valence-corrected chi connectivity index (χ2v) is 8.35. The quantitative estimate of drug-likeness (QED) is 0.867. The standard InChI is InChI=1S/C17H18BrNOS/c18-17-9-13-14(5-3-7-16(13)21-17)19-10-12-8-11-4-1-2-6-15(11)20-12/h1-2,4,6,9,12,14,19H,3,5,7-8,10H2. The van der Waals surface area contributed by atoms with Crippen molar-refractivity contribution >= 4 is 27.3 Å². The predicted octanol–water partition coefficient (Wildman–Crippen LogP) is 4.48. The van der Waals surface area contributed by atoms with Gasteiger partial charge in [-0.1, -0.05) is 18.2 Å². The molecule has 0 bridgehead atoms. The number of nitrogens with one attached hydrogen (secondary N) is 1. The van der Waals surface area contributed by atoms with Crippen molar-refractivity contribution in [3.05, 3.63) is 50.1 Å². The number of aryl methyl sites for hydroxylation is 1. The van der Waals surface area contributed by atoms with Crippen molar-refractivity contribution in [2.24, 2.45) is 0 Å². The summed E-state index contributed by atoms with van der Waals surface area (Å²) in [5.41, 5.74) is 2.83. The highest BCUT2D eigenvalue weighted by Crippen LogP contribution is 2.38. The average molecular weight is 364 g/mol. The molecule has 4 rings (SSSR count). The molecule has 1 aromatic heterocycles. The van der Waals surface area contributed by atoms with E-state index in [1.165, 1.54) is 34.2 Å². The number of ether oxygens (including phenoxy) is 1. The molecule has 4 heteroatoms. The van der Waals surface area contributed by atoms with Crippen LogP contribution >= 0.6 is 27.3 Å². The normalized spacial score (nSPS) is 23.5. The van der Waals surface area contributed by atoms with Gasteiger partial charge in [0.2, 0.25) is 0 Å². The van der Waals surface area contributed by atoms with Gasteiger partial charge in [0, 0.05) is 23.9 Å². The van der Waals surface area contributed by atoms with Crippen LogP contribution in [0.1, 0.15) is 34.9 Å². The fraction of sp³-hybridized carbons (Fsp3) is 0.412. The van der Waals surface area contributed by atoms with Crippen molar-refractivity contribution in [2.75, 3.05) is 6.54 Å². The zero-order valence-corrected chi connectivity index (χ0v) is 14.2. The van der Waals surface area contributed by atoms with Gasteiger partial charge in [0.25, 0.3) is 0 Å². The van der Waals surface area contributed by atoms with E-state index in [1.54, 1.807) is 4.88 Å². The van der Waals surface area contributed by atoms with E-state index in [9.17, 15) is 0 Å². The molecule has 2 unspecified atom stereocenters. The van der Waals surface area contributed by atoms with Crippen molar-refractivity contribution in [1.29, 1.82) is 0 Å². The van der Waals surface area contributed by atoms with Gasteiger partial charge >= 0.3 is 0 Å². The molecule has 0 radical (unpaired) electrons. The number of thiophene rings is 1. The first kappa shape index (κ1) is 13.8. The molecule has 0 saturated heterocycles. The first-order valence-electron chi connectivity index (χ1n) is 7.55. The van der Waals surface area contributed by atoms with Crippen LogP contribution in [0.4, 0.5) is 0 Å². The number of fused-ring (bicyclic) bond motifs is 2. The summed E-state index contributed by atoms with van der Waals surface area (Å²) in [7, 11) is 0. The van der Waals surface area contributed by atoms with E-state index in [1.807, 2.05) is 17.4 Å². The summed E-state index contributed by atoms with van der Waals surface area (Å²) in [6, 6.07) is 11.2. The summed E-state index contributed by atoms with van der Waals surface area (Å²) in [6.45, 7) is 0.923. The van der Waals surface area contributed by atoms with Crippen molar-refractivity contribution in [1.82, 2.24) is 5.32 Å². The molecular weight excluding hydrogens is 346 g/mol. The molecule has 0 saturated carbocycles. The molecule has 21 heavy (non-hydrogen) atoms. The number of para-hydroxylation sites is 1. The topological polar surface area (TPSA) is 21.3 Å². The average Bonchev–Trinajstić information content (AvgIpc) is 3.06. The molecule has 2 aliphatic rings. The van der Waals surface area contributed by atoms with Gasteiger partial charge in [-0.05, 0) is 58.5 Å². The lowest BCUT2D eigenvalue weighted by Gasteiger charge is -2.25. The van der Waals surface area contributed by atoms with Crippen LogP contribution in [-0.4, -0.2) is 12.6 Å². The molecule has 110 valence electrons. The van der Waals surface area contributed by atoms with Crippen LogP contribution < -0.4 is 10.1 Å². The van der Waals surface area contributed by atoms with E-state index < -0.39 is 0 Å². The Morgan fingerprint density at radius 2 is 2.24 bits per heavy atom. The van der Waals surface area contributed by atoms with Crippen LogP contribution in [0.2, 0.25) is 0 Å². The smallest absolute Gasteiger partial charge is 0.123 e. The zero-order valence-electron chi connectivity index (χ0n) is 11.8. The Hall–Kier alpha value is -0.840. The monoisotopic (exact) mass is 363 g/mol. The number of rotatable bonds is 3. The van der Waals surface area contributed by atoms with Gasteiger partial charge in [-0.15, -0.1) is 11.3 Å². The van der Waals surface area contributed by atoms with Crippen LogP contribution in [0.25, 0.3) is 0 Å². The summed E-state index contributed by atoms with van der Waals surface area (Å²) < 4.78 is 7.28. The minimum absolute atomic E-state index is 0.273. The Kier molecular flexibility index (Phi) is 3.78. The number of benzene rings is 1. The first-order chi connectivity index (χ1) is 10.3. The van der Waals surface area contributed by atoms with Crippen molar-refractivity contribution in [3.8, 4) is 5.75 Å². The number of hydrogen-bond acceptors (Lipinski definition) is 3. The number of halogens is 1. The Bertz CT molecular complexity index is 629. The fourth-order valence-electron chi connectivity index (χ4n) is 3.37. The highest BCUT2D eigenvalue weighted by atomic mass is 79.9. The maximum Gasteiger partial charge on any atom is 0.123 e. The van der Waals surface area contributed by atoms with E-state index in [0.29, 0.717) is 6.04 Å². The van der Waals surface area contributed by atoms with Crippen LogP contribution in [0.3, 0.4) is 0 Å². The van der Waals surface area contributed by atoms with Gasteiger partial charge in [-0.3, -0.25) is 0 Å². The highest BCUT2D eigenvalue weighted by Gasteiger charge is 2.26. The van der Waals surface area contributed by atoms with Crippen molar-refractivity contribution < 1.29 is 4.74 Å². The van der Waals surface area contributed by atoms with Crippen LogP contribution in [0.5, 0.6) is 5.75 Å². The number of hydrogen-bond donors (Lipinski definition) is 1. The van der Waals surface area contributed by atoms with Crippen molar-refractivity contribution in [2.45, 2.75) is 37.8 Å². The van der Waals surface area contributed by atoms with Gasteiger partial charge in [0.05, 0.1) is 3.79 Å². The lowest BCUT2D eigenvalue weighted by atomic mass is 9.94. The minimum Gasteiger partial charge on any atom is -0.488 e. The van der Waals surface area contributed by atoms with Crippen molar-refractivity contribution in [3.63, 3.8) is 0 Å². The molecular formula is C17H18BrNOS. The summed E-state index contributed by atoms with van der Waals surface area (Å²) in [5, 5.41) is 3.73. The third kappa shape index (κ3) is 2.77. The van der Waals surface area contributed by atoms with Gasteiger partial charge in [-0.25, -0.2) is 0 Å². The Labute approximate surface area is 137 Å². The molecule has 1 aliphatic heterocycles. The lowest BCUT2D eigenvalue weighted by molar-refractivity contribution is 0.219. The molecule has 0 fully saturated rings. The summed E-state index contributed by atoms with van der Waals surface area (Å²) in [6.07, 6.45) is 5.04. The van der Waals surface area contributed by atoms with Crippen LogP contribution in [0.15, 0.2) is 34.1 Å². The SMILES string of the molecule is Brc1cc2c(s1)CCCC2NCC1Cc2ccccc2O1. The maximum atomic E-state index is 6.02. The zero-order chi connectivity index (χ0) is 14.2. The second kappa shape index (κ2) is 5.75. The molecule has 2 heterocycles. The second-order valence-electron chi connectivity index (χ2n) is 5.83. The molecule has 2 nitrogen and oxygen atoms in total. The van der Waals surface area contributed by atoms with Gasteiger partial charge < -0.3 is 10.1 Å². The van der Waals surface area contributed by atoms with E-state index in [0.717, 1.165) is 18.7 Å². The van der Waals surface area contributed by atoms with E-state index >= 15 is 0 Å². The molecule has 2 aromatic rings. The summed E-state index contributed by atoms with van der Waals surface area (Å²) in [4.78, 5) is 1.54. The lowest BCUT2D eigenvalue weighted by Crippen LogP contribution is -2.34. The first-order valence-corrected chi connectivity index (χ1v) is 9.16. The van der Waals surface area contributed by atoms with E-state index in [2.05, 4.69) is 45.5 Å². The summed E-state index contributed by atoms with van der Waals surface area (Å²) in [5.74, 6) is 1.06. The minimum atomic E-state index is 0.273. The molecule has 1 N–H and O–H groups in total. The van der Waals surface area contributed by atoms with Gasteiger partial charge in [-0.2, -0.15) is 0 Å². The molecule has 2 atom stereocenters. The van der Waals surface area contributed by atoms with E-state index in [-0.39, 0.29) is 6.10 Å². The fourth-order valence-corrected chi connectivity index (χ4v) is 5.19. The maximum absolute atomic E-state index is 6.02. The van der Waals surface area contributed by atoms with E-state index in [4.69, 9.17) is 4.74 Å². The Morgan fingerprint density at radius 3 is 3.14 bits per heavy atom. The molecule has 0 amide bonds. The van der Waals surface area contributed by atoms with Crippen LogP contribution in [-0.2, 0) is 12.8 Å². The van der Waals surface area contributed by atoms with Gasteiger partial charge in [0.1, 0.15) is 11.9 Å². The third-order valence-electron chi connectivity index (χ3n) is 4.39.